The lowest BCUT2D eigenvalue weighted by Crippen LogP contribution is -2.22. The van der Waals surface area contributed by atoms with Crippen molar-refractivity contribution >= 4 is 22.7 Å². The predicted molar refractivity (Wildman–Crippen MR) is 80.5 cm³/mol. The monoisotopic (exact) mass is 289 g/mol. The molecule has 0 aliphatic heterocycles. The summed E-state index contributed by atoms with van der Waals surface area (Å²) >= 11 is 3.62. The number of thiophene rings is 2. The quantitative estimate of drug-likeness (QED) is 0.728. The lowest BCUT2D eigenvalue weighted by Gasteiger charge is -2.16. The van der Waals surface area contributed by atoms with Crippen molar-refractivity contribution in [3.05, 3.63) is 62.7 Å². The Morgan fingerprint density at radius 3 is 2.74 bits per heavy atom. The van der Waals surface area contributed by atoms with Crippen molar-refractivity contribution in [3.8, 4) is 0 Å². The van der Waals surface area contributed by atoms with Crippen molar-refractivity contribution in [3.63, 3.8) is 0 Å². The second-order valence-electron chi connectivity index (χ2n) is 4.31. The van der Waals surface area contributed by atoms with Crippen molar-refractivity contribution in [2.24, 2.45) is 0 Å². The van der Waals surface area contributed by atoms with Crippen LogP contribution in [0.1, 0.15) is 21.5 Å². The minimum absolute atomic E-state index is 0.363. The van der Waals surface area contributed by atoms with Crippen LogP contribution in [0.25, 0.3) is 0 Å². The van der Waals surface area contributed by atoms with E-state index in [1.807, 2.05) is 17.4 Å². The van der Waals surface area contributed by atoms with Crippen LogP contribution in [0.3, 0.4) is 0 Å². The number of H-pyrrole nitrogens is 1. The maximum atomic E-state index is 3.98. The van der Waals surface area contributed by atoms with Gasteiger partial charge in [0.2, 0.25) is 0 Å². The minimum atomic E-state index is 0.363. The van der Waals surface area contributed by atoms with Crippen LogP contribution < -0.4 is 5.32 Å². The van der Waals surface area contributed by atoms with Gasteiger partial charge in [-0.15, -0.1) is 22.7 Å². The van der Waals surface area contributed by atoms with Crippen molar-refractivity contribution in [2.45, 2.75) is 19.0 Å². The molecule has 0 saturated heterocycles. The molecular weight excluding hydrogens is 274 g/mol. The minimum Gasteiger partial charge on any atom is -0.303 e. The van der Waals surface area contributed by atoms with Crippen molar-refractivity contribution < 1.29 is 0 Å². The zero-order valence-corrected chi connectivity index (χ0v) is 12.0. The van der Waals surface area contributed by atoms with E-state index in [2.05, 4.69) is 50.5 Å². The highest BCUT2D eigenvalue weighted by atomic mass is 32.1. The third kappa shape index (κ3) is 3.32. The van der Waals surface area contributed by atoms with Crippen molar-refractivity contribution in [1.29, 1.82) is 0 Å². The first-order valence-electron chi connectivity index (χ1n) is 6.19. The first-order chi connectivity index (χ1) is 9.42. The molecule has 0 aliphatic carbocycles. The van der Waals surface area contributed by atoms with Gasteiger partial charge in [-0.25, -0.2) is 0 Å². The fourth-order valence-electron chi connectivity index (χ4n) is 2.01. The maximum absolute atomic E-state index is 3.98. The second kappa shape index (κ2) is 6.14. The van der Waals surface area contributed by atoms with Crippen molar-refractivity contribution in [1.82, 2.24) is 15.5 Å². The highest BCUT2D eigenvalue weighted by Gasteiger charge is 2.13. The zero-order valence-electron chi connectivity index (χ0n) is 10.4. The van der Waals surface area contributed by atoms with Gasteiger partial charge in [-0.05, 0) is 29.0 Å². The molecule has 0 aliphatic rings. The summed E-state index contributed by atoms with van der Waals surface area (Å²) in [6.07, 6.45) is 2.82. The van der Waals surface area contributed by atoms with E-state index in [1.165, 1.54) is 9.75 Å². The third-order valence-corrected chi connectivity index (χ3v) is 4.85. The molecule has 3 aromatic heterocycles. The Balaban J connectivity index is 1.69. The van der Waals surface area contributed by atoms with Gasteiger partial charge in [-0.3, -0.25) is 5.10 Å². The molecule has 3 nitrogen and oxygen atoms in total. The smallest absolute Gasteiger partial charge is 0.0490 e. The Hall–Kier alpha value is -1.43. The molecule has 1 unspecified atom stereocenters. The number of rotatable bonds is 6. The molecule has 3 rings (SSSR count). The fraction of sp³-hybridized carbons (Fsp3) is 0.214. The van der Waals surface area contributed by atoms with Gasteiger partial charge in [0.1, 0.15) is 0 Å². The molecule has 3 aromatic rings. The summed E-state index contributed by atoms with van der Waals surface area (Å²) in [6, 6.07) is 11.0. The number of nitrogens with zero attached hydrogens (tertiary/aromatic N) is 1. The third-order valence-electron chi connectivity index (χ3n) is 2.97. The maximum Gasteiger partial charge on any atom is 0.0490 e. The summed E-state index contributed by atoms with van der Waals surface area (Å²) in [7, 11) is 0. The Morgan fingerprint density at radius 1 is 1.16 bits per heavy atom. The average Bonchev–Trinajstić information content (AvgIpc) is 3.15. The van der Waals surface area contributed by atoms with E-state index < -0.39 is 0 Å². The molecule has 98 valence electrons. The largest absolute Gasteiger partial charge is 0.303 e. The average molecular weight is 289 g/mol. The summed E-state index contributed by atoms with van der Waals surface area (Å²) in [4.78, 5) is 2.79. The van der Waals surface area contributed by atoms with Gasteiger partial charge in [-0.2, -0.15) is 5.10 Å². The van der Waals surface area contributed by atoms with Gasteiger partial charge in [0.05, 0.1) is 0 Å². The first-order valence-corrected chi connectivity index (χ1v) is 7.95. The van der Waals surface area contributed by atoms with Crippen LogP contribution in [-0.4, -0.2) is 10.2 Å². The van der Waals surface area contributed by atoms with Gasteiger partial charge in [0.15, 0.2) is 0 Å². The molecular formula is C14H15N3S2. The van der Waals surface area contributed by atoms with Gasteiger partial charge in [0, 0.05) is 40.7 Å². The van der Waals surface area contributed by atoms with E-state index in [0.29, 0.717) is 6.04 Å². The molecule has 0 amide bonds. The molecule has 0 spiro atoms. The topological polar surface area (TPSA) is 40.7 Å². The molecule has 0 aromatic carbocycles. The summed E-state index contributed by atoms with van der Waals surface area (Å²) in [5, 5.41) is 14.8. The molecule has 0 radical (unpaired) electrons. The van der Waals surface area contributed by atoms with Gasteiger partial charge >= 0.3 is 0 Å². The van der Waals surface area contributed by atoms with E-state index in [-0.39, 0.29) is 0 Å². The summed E-state index contributed by atoms with van der Waals surface area (Å²) in [5.74, 6) is 0. The summed E-state index contributed by atoms with van der Waals surface area (Å²) < 4.78 is 0. The number of aromatic nitrogens is 2. The summed E-state index contributed by atoms with van der Waals surface area (Å²) in [6.45, 7) is 0.813. The zero-order chi connectivity index (χ0) is 12.9. The van der Waals surface area contributed by atoms with E-state index in [1.54, 1.807) is 17.5 Å². The van der Waals surface area contributed by atoms with E-state index in [0.717, 1.165) is 18.7 Å². The molecule has 5 heteroatoms. The number of hydrogen-bond acceptors (Lipinski definition) is 4. The van der Waals surface area contributed by atoms with E-state index in [4.69, 9.17) is 0 Å². The van der Waals surface area contributed by atoms with Crippen LogP contribution in [0.2, 0.25) is 0 Å². The second-order valence-corrected chi connectivity index (χ2v) is 6.33. The standard InChI is InChI=1S/C14H15N3S2/c1-3-12(18-7-1)9-13(14-4-2-8-19-14)15-10-11-5-6-16-17-11/h1-8,13,15H,9-10H2,(H,16,17). The molecule has 0 bridgehead atoms. The highest BCUT2D eigenvalue weighted by molar-refractivity contribution is 7.10. The van der Waals surface area contributed by atoms with Crippen LogP contribution in [0, 0.1) is 0 Å². The van der Waals surface area contributed by atoms with E-state index in [9.17, 15) is 0 Å². The normalized spacial score (nSPS) is 12.6. The number of aromatic amines is 1. The van der Waals surface area contributed by atoms with Gasteiger partial charge in [0.25, 0.3) is 0 Å². The first kappa shape index (κ1) is 12.6. The van der Waals surface area contributed by atoms with Crippen molar-refractivity contribution in [2.75, 3.05) is 0 Å². The molecule has 0 fully saturated rings. The van der Waals surface area contributed by atoms with Gasteiger partial charge in [-0.1, -0.05) is 12.1 Å². The van der Waals surface area contributed by atoms with Gasteiger partial charge < -0.3 is 5.32 Å². The molecule has 19 heavy (non-hydrogen) atoms. The Kier molecular flexibility index (Phi) is 4.07. The molecule has 1 atom stereocenters. The molecule has 0 saturated carbocycles. The number of nitrogens with one attached hydrogen (secondary N) is 2. The highest BCUT2D eigenvalue weighted by Crippen LogP contribution is 2.25. The van der Waals surface area contributed by atoms with Crippen LogP contribution in [-0.2, 0) is 13.0 Å². The van der Waals surface area contributed by atoms with E-state index >= 15 is 0 Å². The van der Waals surface area contributed by atoms with Crippen LogP contribution in [0.5, 0.6) is 0 Å². The lowest BCUT2D eigenvalue weighted by molar-refractivity contribution is 0.535. The lowest BCUT2D eigenvalue weighted by atomic mass is 10.1. The van der Waals surface area contributed by atoms with Crippen LogP contribution in [0.15, 0.2) is 47.3 Å². The van der Waals surface area contributed by atoms with Crippen LogP contribution >= 0.6 is 22.7 Å². The SMILES string of the molecule is c1csc(CC(NCc2ccn[nH]2)c2cccs2)c1. The Morgan fingerprint density at radius 2 is 2.05 bits per heavy atom. The molecule has 3 heterocycles. The number of hydrogen-bond donors (Lipinski definition) is 2. The Labute approximate surface area is 120 Å². The fourth-order valence-corrected chi connectivity index (χ4v) is 3.56. The predicted octanol–water partition coefficient (Wildman–Crippen LogP) is 3.61. The molecule has 2 N–H and O–H groups in total. The summed E-state index contributed by atoms with van der Waals surface area (Å²) in [5.41, 5.74) is 1.12. The Bertz CT molecular complexity index is 570. The van der Waals surface area contributed by atoms with Crippen LogP contribution in [0.4, 0.5) is 0 Å².